The first-order chi connectivity index (χ1) is 17.3. The van der Waals surface area contributed by atoms with Crippen LogP contribution in [0.3, 0.4) is 0 Å². The number of hydrogen-bond donors (Lipinski definition) is 0. The van der Waals surface area contributed by atoms with E-state index in [4.69, 9.17) is 32.7 Å². The summed E-state index contributed by atoms with van der Waals surface area (Å²) in [5.74, 6) is 1.45. The first-order valence-electron chi connectivity index (χ1n) is 11.1. The Bertz CT molecular complexity index is 1710. The van der Waals surface area contributed by atoms with E-state index in [1.807, 2.05) is 29.8 Å². The summed E-state index contributed by atoms with van der Waals surface area (Å²) >= 11 is 12.6. The van der Waals surface area contributed by atoms with E-state index in [1.54, 1.807) is 50.6 Å². The third-order valence-corrected chi connectivity index (χ3v) is 8.37. The first-order valence-corrected chi connectivity index (χ1v) is 13.4. The van der Waals surface area contributed by atoms with Crippen molar-refractivity contribution in [2.75, 3.05) is 20.1 Å². The number of halogens is 2. The molecule has 5 aromatic rings. The molecule has 3 aromatic heterocycles. The van der Waals surface area contributed by atoms with Crippen LogP contribution in [0, 0.1) is 6.92 Å². The molecule has 0 N–H and O–H groups in total. The van der Waals surface area contributed by atoms with Crippen molar-refractivity contribution in [2.45, 2.75) is 18.4 Å². The van der Waals surface area contributed by atoms with Crippen LogP contribution in [0.5, 0.6) is 11.5 Å². The molecule has 7 nitrogen and oxygen atoms in total. The number of methoxy groups -OCH3 is 2. The summed E-state index contributed by atoms with van der Waals surface area (Å²) in [6.45, 7) is 2.42. The van der Waals surface area contributed by atoms with Gasteiger partial charge in [-0.2, -0.15) is 0 Å². The fraction of sp³-hybridized carbons (Fsp3) is 0.192. The molecule has 0 saturated heterocycles. The highest BCUT2D eigenvalue weighted by molar-refractivity contribution is 7.90. The Kier molecular flexibility index (Phi) is 6.36. The van der Waals surface area contributed by atoms with Gasteiger partial charge in [0, 0.05) is 47.2 Å². The zero-order valence-corrected chi connectivity index (χ0v) is 22.2. The van der Waals surface area contributed by atoms with Crippen LogP contribution in [-0.2, 0) is 16.6 Å². The molecule has 3 heterocycles. The lowest BCUT2D eigenvalue weighted by Crippen LogP contribution is -2.14. The van der Waals surface area contributed by atoms with Crippen LogP contribution >= 0.6 is 23.2 Å². The summed E-state index contributed by atoms with van der Waals surface area (Å²) in [5, 5.41) is 1.71. The average Bonchev–Trinajstić information content (AvgIpc) is 3.43. The molecule has 0 radical (unpaired) electrons. The lowest BCUT2D eigenvalue weighted by molar-refractivity contribution is 0.355. The number of pyridine rings is 1. The second-order valence-electron chi connectivity index (χ2n) is 8.29. The van der Waals surface area contributed by atoms with Crippen LogP contribution in [0.4, 0.5) is 0 Å². The Morgan fingerprint density at radius 2 is 1.67 bits per heavy atom. The van der Waals surface area contributed by atoms with Gasteiger partial charge in [0.05, 0.1) is 35.3 Å². The van der Waals surface area contributed by atoms with Crippen molar-refractivity contribution in [3.05, 3.63) is 71.5 Å². The molecule has 0 unspecified atom stereocenters. The van der Waals surface area contributed by atoms with Gasteiger partial charge >= 0.3 is 0 Å². The van der Waals surface area contributed by atoms with E-state index in [0.717, 1.165) is 16.5 Å². The smallest absolute Gasteiger partial charge is 0.269 e. The third-order valence-electron chi connectivity index (χ3n) is 6.16. The molecule has 5 rings (SSSR count). The second-order valence-corrected chi connectivity index (χ2v) is 10.9. The van der Waals surface area contributed by atoms with E-state index in [-0.39, 0.29) is 10.5 Å². The van der Waals surface area contributed by atoms with Gasteiger partial charge in [0.25, 0.3) is 10.0 Å². The summed E-state index contributed by atoms with van der Waals surface area (Å²) in [6.07, 6.45) is 3.38. The molecule has 0 fully saturated rings. The average molecular weight is 544 g/mol. The maximum Gasteiger partial charge on any atom is 0.269 e. The van der Waals surface area contributed by atoms with Crippen LogP contribution in [0.2, 0.25) is 5.02 Å². The maximum absolute atomic E-state index is 14.0. The Morgan fingerprint density at radius 1 is 0.972 bits per heavy atom. The number of benzene rings is 2. The van der Waals surface area contributed by atoms with Gasteiger partial charge < -0.3 is 14.0 Å². The number of aryl methyl sites for hydroxylation is 2. The first kappa shape index (κ1) is 24.5. The molecular weight excluding hydrogens is 521 g/mol. The molecule has 2 aromatic carbocycles. The quantitative estimate of drug-likeness (QED) is 0.231. The van der Waals surface area contributed by atoms with Gasteiger partial charge in [-0.15, -0.1) is 11.6 Å². The highest BCUT2D eigenvalue weighted by atomic mass is 35.5. The number of aromatic nitrogens is 3. The molecule has 186 valence electrons. The minimum atomic E-state index is -4.03. The minimum absolute atomic E-state index is 0.150. The molecule has 0 amide bonds. The number of nitrogens with zero attached hydrogens (tertiary/aromatic N) is 3. The van der Waals surface area contributed by atoms with Crippen LogP contribution in [0.25, 0.3) is 33.2 Å². The van der Waals surface area contributed by atoms with Gasteiger partial charge in [0.2, 0.25) is 0 Å². The van der Waals surface area contributed by atoms with E-state index in [1.165, 1.54) is 10.2 Å². The second kappa shape index (κ2) is 9.35. The van der Waals surface area contributed by atoms with Crippen molar-refractivity contribution in [1.82, 2.24) is 13.5 Å². The van der Waals surface area contributed by atoms with Gasteiger partial charge in [-0.05, 0) is 37.3 Å². The predicted octanol–water partition coefficient (Wildman–Crippen LogP) is 6.11. The molecular formula is C26H23Cl2N3O4S. The molecule has 0 aliphatic heterocycles. The van der Waals surface area contributed by atoms with E-state index in [0.29, 0.717) is 45.6 Å². The van der Waals surface area contributed by atoms with E-state index in [9.17, 15) is 8.42 Å². The summed E-state index contributed by atoms with van der Waals surface area (Å²) < 4.78 is 42.3. The van der Waals surface area contributed by atoms with Crippen molar-refractivity contribution < 1.29 is 17.9 Å². The number of alkyl halides is 1. The lowest BCUT2D eigenvalue weighted by Gasteiger charge is -2.12. The van der Waals surface area contributed by atoms with Crippen molar-refractivity contribution in [2.24, 2.45) is 0 Å². The maximum atomic E-state index is 14.0. The largest absolute Gasteiger partial charge is 0.493 e. The summed E-state index contributed by atoms with van der Waals surface area (Å²) in [4.78, 5) is 4.56. The normalized spacial score (nSPS) is 11.9. The third kappa shape index (κ3) is 3.89. The van der Waals surface area contributed by atoms with Crippen LogP contribution in [0.15, 0.2) is 65.8 Å². The molecule has 0 aliphatic carbocycles. The van der Waals surface area contributed by atoms with E-state index in [2.05, 4.69) is 4.98 Å². The Balaban J connectivity index is 1.89. The zero-order valence-electron chi connectivity index (χ0n) is 19.8. The lowest BCUT2D eigenvalue weighted by atomic mass is 10.1. The van der Waals surface area contributed by atoms with Crippen molar-refractivity contribution in [1.29, 1.82) is 0 Å². The topological polar surface area (TPSA) is 75.4 Å². The minimum Gasteiger partial charge on any atom is -0.493 e. The molecule has 0 bridgehead atoms. The van der Waals surface area contributed by atoms with Crippen molar-refractivity contribution in [3.8, 4) is 22.8 Å². The molecule has 36 heavy (non-hydrogen) atoms. The van der Waals surface area contributed by atoms with E-state index < -0.39 is 10.0 Å². The number of hydrogen-bond acceptors (Lipinski definition) is 5. The summed E-state index contributed by atoms with van der Waals surface area (Å²) in [6, 6.07) is 13.8. The van der Waals surface area contributed by atoms with Crippen LogP contribution in [0.1, 0.15) is 5.56 Å². The Hall–Kier alpha value is -3.20. The highest BCUT2D eigenvalue weighted by Gasteiger charge is 2.28. The SMILES string of the molecule is COc1cc2c(-c3cc4c(Cl)ccnc4n3S(=O)(=O)c3ccc(C)cc3)cn(CCCl)c2cc1OC. The van der Waals surface area contributed by atoms with E-state index >= 15 is 0 Å². The fourth-order valence-electron chi connectivity index (χ4n) is 4.39. The molecule has 0 saturated carbocycles. The monoisotopic (exact) mass is 543 g/mol. The summed E-state index contributed by atoms with van der Waals surface area (Å²) in [7, 11) is -0.905. The zero-order chi connectivity index (χ0) is 25.6. The van der Waals surface area contributed by atoms with Crippen molar-refractivity contribution >= 4 is 55.2 Å². The van der Waals surface area contributed by atoms with Crippen LogP contribution < -0.4 is 9.47 Å². The fourth-order valence-corrected chi connectivity index (χ4v) is 6.24. The van der Waals surface area contributed by atoms with Gasteiger partial charge in [0.15, 0.2) is 17.1 Å². The highest BCUT2D eigenvalue weighted by Crippen LogP contribution is 2.41. The molecule has 0 atom stereocenters. The molecule has 0 spiro atoms. The standard InChI is InChI=1S/C26H23Cl2N3O4S/c1-16-4-6-17(7-5-16)36(32,33)31-23(12-19-21(28)8-10-29-26(19)31)20-15-30(11-9-27)22-14-25(35-3)24(34-2)13-18(20)22/h4-8,10,12-15H,9,11H2,1-3H3. The number of ether oxygens (including phenoxy) is 2. The Labute approximate surface area is 218 Å². The van der Waals surface area contributed by atoms with Crippen molar-refractivity contribution in [3.63, 3.8) is 0 Å². The van der Waals surface area contributed by atoms with Gasteiger partial charge in [0.1, 0.15) is 0 Å². The van der Waals surface area contributed by atoms with Gasteiger partial charge in [-0.1, -0.05) is 29.3 Å². The summed E-state index contributed by atoms with van der Waals surface area (Å²) in [5.41, 5.74) is 3.12. The molecule has 0 aliphatic rings. The van der Waals surface area contributed by atoms with Gasteiger partial charge in [-0.25, -0.2) is 17.4 Å². The molecule has 10 heteroatoms. The predicted molar refractivity (Wildman–Crippen MR) is 143 cm³/mol. The Morgan fingerprint density at radius 3 is 2.33 bits per heavy atom. The van der Waals surface area contributed by atoms with Crippen LogP contribution in [-0.4, -0.2) is 42.0 Å². The van der Waals surface area contributed by atoms with Gasteiger partial charge in [-0.3, -0.25) is 0 Å². The number of fused-ring (bicyclic) bond motifs is 2. The number of rotatable bonds is 7.